The second kappa shape index (κ2) is 3.58. The van der Waals surface area contributed by atoms with Crippen LogP contribution in [0.15, 0.2) is 24.3 Å². The zero-order valence-electron chi connectivity index (χ0n) is 8.03. The summed E-state index contributed by atoms with van der Waals surface area (Å²) in [5.41, 5.74) is 0.198. The molecule has 1 heterocycles. The molecular formula is C10H9FN2OS. The molecule has 1 aliphatic rings. The lowest BCUT2D eigenvalue weighted by molar-refractivity contribution is -0.117. The predicted molar refractivity (Wildman–Crippen MR) is 59.1 cm³/mol. The van der Waals surface area contributed by atoms with Crippen molar-refractivity contribution in [3.05, 3.63) is 30.1 Å². The van der Waals surface area contributed by atoms with Gasteiger partial charge >= 0.3 is 0 Å². The average Bonchev–Trinajstić information content (AvgIpc) is 2.43. The SMILES string of the molecule is C[C@@H]1NC(=S)N(c2ccccc2F)C1=O. The van der Waals surface area contributed by atoms with Crippen molar-refractivity contribution in [2.75, 3.05) is 4.90 Å². The van der Waals surface area contributed by atoms with Crippen molar-refractivity contribution in [2.45, 2.75) is 13.0 Å². The van der Waals surface area contributed by atoms with Crippen LogP contribution in [0.1, 0.15) is 6.92 Å². The van der Waals surface area contributed by atoms with Gasteiger partial charge in [-0.3, -0.25) is 9.69 Å². The molecule has 1 saturated heterocycles. The first-order valence-electron chi connectivity index (χ1n) is 4.50. The molecule has 1 aromatic carbocycles. The third-order valence-corrected chi connectivity index (χ3v) is 2.53. The summed E-state index contributed by atoms with van der Waals surface area (Å²) in [6, 6.07) is 5.67. The van der Waals surface area contributed by atoms with E-state index in [0.29, 0.717) is 0 Å². The number of thiocarbonyl (C=S) groups is 1. The van der Waals surface area contributed by atoms with E-state index in [4.69, 9.17) is 12.2 Å². The highest BCUT2D eigenvalue weighted by Crippen LogP contribution is 2.22. The van der Waals surface area contributed by atoms with Crippen LogP contribution in [-0.2, 0) is 4.79 Å². The zero-order valence-corrected chi connectivity index (χ0v) is 8.84. The average molecular weight is 224 g/mol. The Labute approximate surface area is 91.9 Å². The third-order valence-electron chi connectivity index (χ3n) is 2.23. The Bertz CT molecular complexity index is 435. The number of nitrogens with zero attached hydrogens (tertiary/aromatic N) is 1. The van der Waals surface area contributed by atoms with Crippen LogP contribution in [0.25, 0.3) is 0 Å². The van der Waals surface area contributed by atoms with Crippen LogP contribution in [0.3, 0.4) is 0 Å². The maximum atomic E-state index is 13.4. The van der Waals surface area contributed by atoms with Gasteiger partial charge in [-0.25, -0.2) is 4.39 Å². The van der Waals surface area contributed by atoms with Crippen molar-refractivity contribution in [1.29, 1.82) is 0 Å². The summed E-state index contributed by atoms with van der Waals surface area (Å²) in [6.07, 6.45) is 0. The van der Waals surface area contributed by atoms with E-state index >= 15 is 0 Å². The summed E-state index contributed by atoms with van der Waals surface area (Å²) in [4.78, 5) is 12.9. The number of halogens is 1. The number of nitrogens with one attached hydrogen (secondary N) is 1. The molecular weight excluding hydrogens is 215 g/mol. The molecule has 1 aromatic rings. The molecule has 1 fully saturated rings. The molecule has 1 amide bonds. The van der Waals surface area contributed by atoms with Crippen LogP contribution in [0.5, 0.6) is 0 Å². The Kier molecular flexibility index (Phi) is 2.40. The Morgan fingerprint density at radius 2 is 2.13 bits per heavy atom. The minimum Gasteiger partial charge on any atom is -0.350 e. The fourth-order valence-corrected chi connectivity index (χ4v) is 1.83. The molecule has 2 rings (SSSR count). The van der Waals surface area contributed by atoms with E-state index in [-0.39, 0.29) is 16.7 Å². The molecule has 0 spiro atoms. The van der Waals surface area contributed by atoms with Gasteiger partial charge in [0.1, 0.15) is 11.9 Å². The molecule has 15 heavy (non-hydrogen) atoms. The predicted octanol–water partition coefficient (Wildman–Crippen LogP) is 1.44. The minimum atomic E-state index is -0.455. The molecule has 5 heteroatoms. The van der Waals surface area contributed by atoms with Crippen LogP contribution < -0.4 is 10.2 Å². The fourth-order valence-electron chi connectivity index (χ4n) is 1.47. The van der Waals surface area contributed by atoms with Gasteiger partial charge in [0, 0.05) is 0 Å². The maximum Gasteiger partial charge on any atom is 0.255 e. The van der Waals surface area contributed by atoms with Crippen LogP contribution in [0.4, 0.5) is 10.1 Å². The first-order valence-corrected chi connectivity index (χ1v) is 4.91. The second-order valence-electron chi connectivity index (χ2n) is 3.30. The highest BCUT2D eigenvalue weighted by atomic mass is 32.1. The van der Waals surface area contributed by atoms with E-state index in [1.165, 1.54) is 17.0 Å². The van der Waals surface area contributed by atoms with Gasteiger partial charge in [-0.05, 0) is 31.3 Å². The summed E-state index contributed by atoms with van der Waals surface area (Å²) < 4.78 is 13.4. The van der Waals surface area contributed by atoms with Crippen LogP contribution in [-0.4, -0.2) is 17.1 Å². The van der Waals surface area contributed by atoms with Crippen LogP contribution in [0, 0.1) is 5.82 Å². The molecule has 0 bridgehead atoms. The number of para-hydroxylation sites is 1. The number of benzene rings is 1. The van der Waals surface area contributed by atoms with Crippen molar-refractivity contribution < 1.29 is 9.18 Å². The Morgan fingerprint density at radius 3 is 2.67 bits per heavy atom. The fraction of sp³-hybridized carbons (Fsp3) is 0.200. The highest BCUT2D eigenvalue weighted by Gasteiger charge is 2.34. The number of hydrogen-bond acceptors (Lipinski definition) is 2. The van der Waals surface area contributed by atoms with E-state index in [1.54, 1.807) is 19.1 Å². The molecule has 1 aliphatic heterocycles. The van der Waals surface area contributed by atoms with Crippen molar-refractivity contribution in [3.63, 3.8) is 0 Å². The molecule has 1 atom stereocenters. The summed E-state index contributed by atoms with van der Waals surface area (Å²) in [5.74, 6) is -0.686. The highest BCUT2D eigenvalue weighted by molar-refractivity contribution is 7.80. The monoisotopic (exact) mass is 224 g/mol. The zero-order chi connectivity index (χ0) is 11.0. The van der Waals surface area contributed by atoms with Crippen molar-refractivity contribution >= 4 is 28.9 Å². The normalized spacial score (nSPS) is 20.7. The standard InChI is InChI=1S/C10H9FN2OS/c1-6-9(14)13(10(15)12-6)8-5-3-2-4-7(8)11/h2-6H,1H3,(H,12,15)/t6-/m0/s1. The summed E-state index contributed by atoms with van der Waals surface area (Å²) in [6.45, 7) is 1.69. The topological polar surface area (TPSA) is 32.3 Å². The lowest BCUT2D eigenvalue weighted by Crippen LogP contribution is -2.31. The number of anilines is 1. The van der Waals surface area contributed by atoms with Crippen molar-refractivity contribution in [3.8, 4) is 0 Å². The lowest BCUT2D eigenvalue weighted by Gasteiger charge is -2.14. The molecule has 78 valence electrons. The number of carbonyl (C=O) groups is 1. The van der Waals surface area contributed by atoms with Crippen molar-refractivity contribution in [2.24, 2.45) is 0 Å². The number of rotatable bonds is 1. The lowest BCUT2D eigenvalue weighted by atomic mass is 10.2. The number of hydrogen-bond donors (Lipinski definition) is 1. The number of amides is 1. The summed E-state index contributed by atoms with van der Waals surface area (Å²) in [7, 11) is 0. The van der Waals surface area contributed by atoms with Gasteiger partial charge in [0.15, 0.2) is 5.11 Å². The minimum absolute atomic E-state index is 0.198. The Morgan fingerprint density at radius 1 is 1.47 bits per heavy atom. The molecule has 3 nitrogen and oxygen atoms in total. The van der Waals surface area contributed by atoms with Crippen LogP contribution in [0.2, 0.25) is 0 Å². The molecule has 0 radical (unpaired) electrons. The van der Waals surface area contributed by atoms with Gasteiger partial charge < -0.3 is 5.32 Å². The van der Waals surface area contributed by atoms with Crippen molar-refractivity contribution in [1.82, 2.24) is 5.32 Å². The first kappa shape index (κ1) is 10.0. The maximum absolute atomic E-state index is 13.4. The van der Waals surface area contributed by atoms with Gasteiger partial charge in [0.25, 0.3) is 5.91 Å². The van der Waals surface area contributed by atoms with Gasteiger partial charge in [-0.1, -0.05) is 12.1 Å². The van der Waals surface area contributed by atoms with Gasteiger partial charge in [-0.15, -0.1) is 0 Å². The van der Waals surface area contributed by atoms with E-state index in [2.05, 4.69) is 5.32 Å². The smallest absolute Gasteiger partial charge is 0.255 e. The van der Waals surface area contributed by atoms with E-state index in [9.17, 15) is 9.18 Å². The molecule has 0 unspecified atom stereocenters. The number of carbonyl (C=O) groups excluding carboxylic acids is 1. The molecule has 0 saturated carbocycles. The second-order valence-corrected chi connectivity index (χ2v) is 3.68. The first-order chi connectivity index (χ1) is 7.11. The summed E-state index contributed by atoms with van der Waals surface area (Å²) in [5, 5.41) is 3.03. The van der Waals surface area contributed by atoms with Gasteiger partial charge in [0.2, 0.25) is 0 Å². The van der Waals surface area contributed by atoms with E-state index in [1.807, 2.05) is 0 Å². The van der Waals surface area contributed by atoms with Gasteiger partial charge in [-0.2, -0.15) is 0 Å². The molecule has 1 N–H and O–H groups in total. The van der Waals surface area contributed by atoms with E-state index < -0.39 is 11.9 Å². The molecule has 0 aliphatic carbocycles. The quantitative estimate of drug-likeness (QED) is 0.732. The van der Waals surface area contributed by atoms with Gasteiger partial charge in [0.05, 0.1) is 5.69 Å². The molecule has 0 aromatic heterocycles. The Balaban J connectivity index is 2.44. The largest absolute Gasteiger partial charge is 0.350 e. The Hall–Kier alpha value is -1.49. The third kappa shape index (κ3) is 1.59. The van der Waals surface area contributed by atoms with E-state index in [0.717, 1.165) is 0 Å². The summed E-state index contributed by atoms with van der Waals surface area (Å²) >= 11 is 4.96. The van der Waals surface area contributed by atoms with Crippen LogP contribution >= 0.6 is 12.2 Å².